The van der Waals surface area contributed by atoms with Crippen molar-refractivity contribution in [1.29, 1.82) is 0 Å². The monoisotopic (exact) mass is 356 g/mol. The molecule has 8 heteroatoms. The second kappa shape index (κ2) is 7.52. The molecule has 7 nitrogen and oxygen atoms in total. The molecular formula is C17H20N6OS. The number of rotatable bonds is 6. The van der Waals surface area contributed by atoms with E-state index in [1.54, 1.807) is 30.3 Å². The number of carbonyl (C=O) groups excluding carboxylic acids is 1. The highest BCUT2D eigenvalue weighted by atomic mass is 32.1. The molecule has 0 aliphatic carbocycles. The molecule has 25 heavy (non-hydrogen) atoms. The Morgan fingerprint density at radius 1 is 1.36 bits per heavy atom. The second-order valence-corrected chi connectivity index (χ2v) is 6.83. The number of carbonyl (C=O) groups is 1. The van der Waals surface area contributed by atoms with Crippen molar-refractivity contribution in [2.24, 2.45) is 7.05 Å². The molecule has 0 aromatic carbocycles. The maximum atomic E-state index is 12.3. The number of hydrogen-bond acceptors (Lipinski definition) is 6. The van der Waals surface area contributed by atoms with Gasteiger partial charge in [0.05, 0.1) is 17.6 Å². The molecule has 0 saturated heterocycles. The van der Waals surface area contributed by atoms with Crippen LogP contribution >= 0.6 is 11.3 Å². The maximum Gasteiger partial charge on any atom is 0.269 e. The lowest BCUT2D eigenvalue weighted by atomic mass is 10.1. The van der Waals surface area contributed by atoms with Crippen LogP contribution in [0, 0.1) is 0 Å². The average molecular weight is 356 g/mol. The summed E-state index contributed by atoms with van der Waals surface area (Å²) in [5.74, 6) is 0.175. The van der Waals surface area contributed by atoms with E-state index in [4.69, 9.17) is 0 Å². The average Bonchev–Trinajstić information content (AvgIpc) is 3.22. The largest absolute Gasteiger partial charge is 0.350 e. The molecule has 0 saturated carbocycles. The minimum atomic E-state index is -0.119. The van der Waals surface area contributed by atoms with Crippen LogP contribution in [0.4, 0.5) is 0 Å². The van der Waals surface area contributed by atoms with E-state index in [1.165, 1.54) is 11.3 Å². The summed E-state index contributed by atoms with van der Waals surface area (Å²) in [4.78, 5) is 25.1. The highest BCUT2D eigenvalue weighted by Gasteiger charge is 2.14. The van der Waals surface area contributed by atoms with E-state index in [1.807, 2.05) is 11.4 Å². The lowest BCUT2D eigenvalue weighted by Gasteiger charge is -2.03. The Balaban J connectivity index is 1.56. The molecule has 0 aliphatic rings. The number of amides is 1. The summed E-state index contributed by atoms with van der Waals surface area (Å²) < 4.78 is 1.62. The van der Waals surface area contributed by atoms with Gasteiger partial charge in [-0.3, -0.25) is 19.4 Å². The minimum Gasteiger partial charge on any atom is -0.350 e. The van der Waals surface area contributed by atoms with Crippen LogP contribution in [0.5, 0.6) is 0 Å². The fraction of sp³-hybridized carbons (Fsp3) is 0.353. The predicted octanol–water partition coefficient (Wildman–Crippen LogP) is 2.43. The smallest absolute Gasteiger partial charge is 0.269 e. The van der Waals surface area contributed by atoms with Crippen molar-refractivity contribution in [1.82, 2.24) is 30.0 Å². The van der Waals surface area contributed by atoms with Gasteiger partial charge in [-0.05, 0) is 12.0 Å². The lowest BCUT2D eigenvalue weighted by molar-refractivity contribution is 0.0944. The van der Waals surface area contributed by atoms with E-state index in [0.29, 0.717) is 24.6 Å². The van der Waals surface area contributed by atoms with Gasteiger partial charge in [0, 0.05) is 37.8 Å². The number of aryl methyl sites for hydroxylation is 1. The molecular weight excluding hydrogens is 336 g/mol. The molecule has 130 valence electrons. The van der Waals surface area contributed by atoms with Gasteiger partial charge in [-0.1, -0.05) is 13.8 Å². The Morgan fingerprint density at radius 3 is 2.88 bits per heavy atom. The zero-order valence-corrected chi connectivity index (χ0v) is 15.2. The highest BCUT2D eigenvalue weighted by Crippen LogP contribution is 2.20. The SMILES string of the molecule is CC(C)c1cc(C(=O)NCCc2csc(-c3cnccn3)n2)n(C)n1. The Labute approximate surface area is 150 Å². The first-order chi connectivity index (χ1) is 12.0. The fourth-order valence-corrected chi connectivity index (χ4v) is 3.14. The molecule has 0 unspecified atom stereocenters. The third-order valence-corrected chi connectivity index (χ3v) is 4.64. The second-order valence-electron chi connectivity index (χ2n) is 5.97. The number of hydrogen-bond donors (Lipinski definition) is 1. The zero-order chi connectivity index (χ0) is 17.8. The van der Waals surface area contributed by atoms with Crippen LogP contribution in [-0.2, 0) is 13.5 Å². The van der Waals surface area contributed by atoms with E-state index in [2.05, 4.69) is 39.2 Å². The minimum absolute atomic E-state index is 0.119. The van der Waals surface area contributed by atoms with E-state index < -0.39 is 0 Å². The molecule has 0 aliphatic heterocycles. The highest BCUT2D eigenvalue weighted by molar-refractivity contribution is 7.13. The predicted molar refractivity (Wildman–Crippen MR) is 96.5 cm³/mol. The molecule has 0 spiro atoms. The van der Waals surface area contributed by atoms with Gasteiger partial charge < -0.3 is 5.32 Å². The first-order valence-electron chi connectivity index (χ1n) is 8.07. The van der Waals surface area contributed by atoms with Crippen molar-refractivity contribution in [2.45, 2.75) is 26.2 Å². The van der Waals surface area contributed by atoms with Crippen molar-refractivity contribution in [3.63, 3.8) is 0 Å². The Morgan fingerprint density at radius 2 is 2.20 bits per heavy atom. The molecule has 0 fully saturated rings. The number of nitrogens with one attached hydrogen (secondary N) is 1. The Kier molecular flexibility index (Phi) is 5.18. The third-order valence-electron chi connectivity index (χ3n) is 3.72. The maximum absolute atomic E-state index is 12.3. The van der Waals surface area contributed by atoms with Gasteiger partial charge in [-0.25, -0.2) is 4.98 Å². The van der Waals surface area contributed by atoms with E-state index >= 15 is 0 Å². The van der Waals surface area contributed by atoms with Gasteiger partial charge in [0.2, 0.25) is 0 Å². The van der Waals surface area contributed by atoms with Crippen LogP contribution in [-0.4, -0.2) is 37.2 Å². The first kappa shape index (κ1) is 17.2. The summed E-state index contributed by atoms with van der Waals surface area (Å²) in [6, 6.07) is 1.84. The van der Waals surface area contributed by atoms with Crippen LogP contribution in [0.25, 0.3) is 10.7 Å². The topological polar surface area (TPSA) is 85.6 Å². The third kappa shape index (κ3) is 4.08. The Bertz CT molecular complexity index is 855. The summed E-state index contributed by atoms with van der Waals surface area (Å²) in [5, 5.41) is 10.1. The standard InChI is InChI=1S/C17H20N6OS/c1-11(2)13-8-15(23(3)22-13)16(24)20-5-4-12-10-25-17(21-12)14-9-18-6-7-19-14/h6-11H,4-5H2,1-3H3,(H,20,24). The van der Waals surface area contributed by atoms with Gasteiger partial charge >= 0.3 is 0 Å². The number of nitrogens with zero attached hydrogens (tertiary/aromatic N) is 5. The van der Waals surface area contributed by atoms with Crippen molar-refractivity contribution >= 4 is 17.2 Å². The molecule has 3 rings (SSSR count). The summed E-state index contributed by atoms with van der Waals surface area (Å²) >= 11 is 1.53. The zero-order valence-electron chi connectivity index (χ0n) is 14.4. The van der Waals surface area contributed by atoms with E-state index in [9.17, 15) is 4.79 Å². The first-order valence-corrected chi connectivity index (χ1v) is 8.95. The summed E-state index contributed by atoms with van der Waals surface area (Å²) in [5.41, 5.74) is 3.18. The molecule has 0 bridgehead atoms. The Hall–Kier alpha value is -2.61. The quantitative estimate of drug-likeness (QED) is 0.733. The summed E-state index contributed by atoms with van der Waals surface area (Å²) in [7, 11) is 1.79. The molecule has 1 amide bonds. The number of thiazole rings is 1. The van der Waals surface area contributed by atoms with E-state index in [0.717, 1.165) is 22.1 Å². The van der Waals surface area contributed by atoms with Gasteiger partial charge in [0.15, 0.2) is 0 Å². The van der Waals surface area contributed by atoms with Gasteiger partial charge in [-0.15, -0.1) is 11.3 Å². The van der Waals surface area contributed by atoms with Crippen LogP contribution in [0.3, 0.4) is 0 Å². The molecule has 1 N–H and O–H groups in total. The fourth-order valence-electron chi connectivity index (χ4n) is 2.33. The van der Waals surface area contributed by atoms with Crippen LogP contribution < -0.4 is 5.32 Å². The van der Waals surface area contributed by atoms with Crippen molar-refractivity contribution < 1.29 is 4.79 Å². The van der Waals surface area contributed by atoms with Gasteiger partial charge in [0.25, 0.3) is 5.91 Å². The number of aromatic nitrogens is 5. The molecule has 3 aromatic heterocycles. The van der Waals surface area contributed by atoms with E-state index in [-0.39, 0.29) is 5.91 Å². The normalized spacial score (nSPS) is 11.0. The molecule has 0 radical (unpaired) electrons. The summed E-state index contributed by atoms with van der Waals surface area (Å²) in [6.45, 7) is 4.63. The van der Waals surface area contributed by atoms with Crippen molar-refractivity contribution in [3.8, 4) is 10.7 Å². The van der Waals surface area contributed by atoms with Crippen LogP contribution in [0.15, 0.2) is 30.0 Å². The van der Waals surface area contributed by atoms with Crippen molar-refractivity contribution in [2.75, 3.05) is 6.54 Å². The molecule has 3 aromatic rings. The molecule has 3 heterocycles. The van der Waals surface area contributed by atoms with Crippen molar-refractivity contribution in [3.05, 3.63) is 47.1 Å². The lowest BCUT2D eigenvalue weighted by Crippen LogP contribution is -2.27. The summed E-state index contributed by atoms with van der Waals surface area (Å²) in [6.07, 6.45) is 5.64. The van der Waals surface area contributed by atoms with Gasteiger partial charge in [-0.2, -0.15) is 5.10 Å². The van der Waals surface area contributed by atoms with Crippen LogP contribution in [0.1, 0.15) is 41.6 Å². The molecule has 0 atom stereocenters. The van der Waals surface area contributed by atoms with Crippen LogP contribution in [0.2, 0.25) is 0 Å². The van der Waals surface area contributed by atoms with Gasteiger partial charge in [0.1, 0.15) is 16.4 Å².